The molecule has 0 bridgehead atoms. The Balaban J connectivity index is 1.27. The SMILES string of the molecule is O=C(C=Cc1ccc(C(F)(F)F)cc1)NNC(=O)c1cc(Oc2ccc(NC(=O)Nc3ccc(Cl)c(C(F)(F)F)c3)cc2)ccn1. The number of nitrogens with zero attached hydrogens (tertiary/aromatic N) is 1. The van der Waals surface area contributed by atoms with Gasteiger partial charge in [0.05, 0.1) is 16.1 Å². The summed E-state index contributed by atoms with van der Waals surface area (Å²) in [6.07, 6.45) is -5.63. The fourth-order valence-corrected chi connectivity index (χ4v) is 3.86. The molecule has 3 aromatic carbocycles. The molecule has 4 aromatic rings. The highest BCUT2D eigenvalue weighted by Crippen LogP contribution is 2.36. The van der Waals surface area contributed by atoms with Crippen molar-refractivity contribution in [3.05, 3.63) is 119 Å². The van der Waals surface area contributed by atoms with E-state index in [2.05, 4.69) is 26.5 Å². The molecule has 0 aliphatic heterocycles. The van der Waals surface area contributed by atoms with Gasteiger partial charge in [-0.2, -0.15) is 26.3 Å². The van der Waals surface area contributed by atoms with Crippen LogP contribution >= 0.6 is 11.6 Å². The summed E-state index contributed by atoms with van der Waals surface area (Å²) in [7, 11) is 0. The lowest BCUT2D eigenvalue weighted by Crippen LogP contribution is -2.41. The van der Waals surface area contributed by atoms with E-state index in [-0.39, 0.29) is 28.6 Å². The maximum Gasteiger partial charge on any atom is 0.417 e. The second-order valence-corrected chi connectivity index (χ2v) is 9.58. The number of rotatable bonds is 7. The molecule has 238 valence electrons. The number of amides is 4. The van der Waals surface area contributed by atoms with Crippen LogP contribution in [0.4, 0.5) is 42.5 Å². The maximum atomic E-state index is 13.1. The van der Waals surface area contributed by atoms with E-state index in [1.54, 1.807) is 0 Å². The molecule has 0 unspecified atom stereocenters. The molecular formula is C30H20ClF6N5O4. The minimum Gasteiger partial charge on any atom is -0.457 e. The second kappa shape index (κ2) is 14.0. The number of halogens is 7. The van der Waals surface area contributed by atoms with Crippen LogP contribution in [0.3, 0.4) is 0 Å². The summed E-state index contributed by atoms with van der Waals surface area (Å²) < 4.78 is 82.8. The highest BCUT2D eigenvalue weighted by atomic mass is 35.5. The highest BCUT2D eigenvalue weighted by Gasteiger charge is 2.33. The fourth-order valence-electron chi connectivity index (χ4n) is 3.63. The van der Waals surface area contributed by atoms with Crippen molar-refractivity contribution in [1.82, 2.24) is 15.8 Å². The van der Waals surface area contributed by atoms with Gasteiger partial charge >= 0.3 is 18.4 Å². The van der Waals surface area contributed by atoms with Gasteiger partial charge < -0.3 is 15.4 Å². The van der Waals surface area contributed by atoms with E-state index < -0.39 is 46.3 Å². The van der Waals surface area contributed by atoms with Crippen molar-refractivity contribution in [3.8, 4) is 11.5 Å². The summed E-state index contributed by atoms with van der Waals surface area (Å²) in [5, 5.41) is 4.25. The predicted molar refractivity (Wildman–Crippen MR) is 156 cm³/mol. The van der Waals surface area contributed by atoms with Crippen LogP contribution < -0.4 is 26.2 Å². The largest absolute Gasteiger partial charge is 0.457 e. The molecule has 1 heterocycles. The van der Waals surface area contributed by atoms with E-state index in [0.29, 0.717) is 11.6 Å². The number of urea groups is 1. The molecule has 4 N–H and O–H groups in total. The summed E-state index contributed by atoms with van der Waals surface area (Å²) in [5.41, 5.74) is 2.70. The first kappa shape index (κ1) is 33.3. The number of carbonyl (C=O) groups is 3. The Labute approximate surface area is 261 Å². The first-order valence-corrected chi connectivity index (χ1v) is 13.2. The lowest BCUT2D eigenvalue weighted by molar-refractivity contribution is -0.138. The number of hydrogen-bond acceptors (Lipinski definition) is 5. The number of carbonyl (C=O) groups excluding carboxylic acids is 3. The Hall–Kier alpha value is -5.57. The highest BCUT2D eigenvalue weighted by molar-refractivity contribution is 6.31. The average molecular weight is 664 g/mol. The van der Waals surface area contributed by atoms with Crippen molar-refractivity contribution in [3.63, 3.8) is 0 Å². The van der Waals surface area contributed by atoms with Crippen molar-refractivity contribution in [1.29, 1.82) is 0 Å². The molecule has 0 atom stereocenters. The zero-order valence-electron chi connectivity index (χ0n) is 23.0. The Morgan fingerprint density at radius 3 is 2.04 bits per heavy atom. The number of pyridine rings is 1. The number of anilines is 2. The van der Waals surface area contributed by atoms with Gasteiger partial charge in [0.1, 0.15) is 17.2 Å². The van der Waals surface area contributed by atoms with Gasteiger partial charge in [0.2, 0.25) is 0 Å². The number of hydrazine groups is 1. The van der Waals surface area contributed by atoms with Gasteiger partial charge in [-0.3, -0.25) is 25.4 Å². The first-order valence-electron chi connectivity index (χ1n) is 12.8. The van der Waals surface area contributed by atoms with Crippen LogP contribution in [0.25, 0.3) is 6.08 Å². The minimum absolute atomic E-state index is 0.124. The molecule has 9 nitrogen and oxygen atoms in total. The molecule has 0 aliphatic carbocycles. The van der Waals surface area contributed by atoms with Crippen LogP contribution in [0.2, 0.25) is 5.02 Å². The number of benzene rings is 3. The molecule has 46 heavy (non-hydrogen) atoms. The Morgan fingerprint density at radius 2 is 1.39 bits per heavy atom. The van der Waals surface area contributed by atoms with Crippen LogP contribution in [0, 0.1) is 0 Å². The third-order valence-corrected chi connectivity index (χ3v) is 6.14. The number of aromatic nitrogens is 1. The smallest absolute Gasteiger partial charge is 0.417 e. The molecule has 4 rings (SSSR count). The second-order valence-electron chi connectivity index (χ2n) is 9.17. The van der Waals surface area contributed by atoms with Crippen molar-refractivity contribution >= 4 is 46.9 Å². The summed E-state index contributed by atoms with van der Waals surface area (Å²) in [4.78, 5) is 40.6. The molecule has 16 heteroatoms. The van der Waals surface area contributed by atoms with Gasteiger partial charge in [-0.25, -0.2) is 4.79 Å². The van der Waals surface area contributed by atoms with E-state index >= 15 is 0 Å². The topological polar surface area (TPSA) is 121 Å². The van der Waals surface area contributed by atoms with Crippen LogP contribution in [0.15, 0.2) is 91.1 Å². The molecule has 0 aliphatic rings. The van der Waals surface area contributed by atoms with E-state index in [9.17, 15) is 40.7 Å². The van der Waals surface area contributed by atoms with Gasteiger partial charge in [0, 0.05) is 29.7 Å². The zero-order valence-corrected chi connectivity index (χ0v) is 23.7. The summed E-state index contributed by atoms with van der Waals surface area (Å²) in [6.45, 7) is 0. The van der Waals surface area contributed by atoms with Gasteiger partial charge in [-0.15, -0.1) is 0 Å². The van der Waals surface area contributed by atoms with Crippen molar-refractivity contribution in [2.24, 2.45) is 0 Å². The zero-order chi connectivity index (χ0) is 33.5. The number of nitrogens with one attached hydrogen (secondary N) is 4. The van der Waals surface area contributed by atoms with Crippen LogP contribution in [0.1, 0.15) is 27.2 Å². The molecule has 1 aromatic heterocycles. The molecule has 0 radical (unpaired) electrons. The number of alkyl halides is 6. The van der Waals surface area contributed by atoms with E-state index in [1.807, 2.05) is 0 Å². The number of ether oxygens (including phenoxy) is 1. The third kappa shape index (κ3) is 9.46. The van der Waals surface area contributed by atoms with E-state index in [4.69, 9.17) is 16.3 Å². The summed E-state index contributed by atoms with van der Waals surface area (Å²) in [6, 6.07) is 14.8. The molecule has 0 saturated carbocycles. The first-order chi connectivity index (χ1) is 21.7. The predicted octanol–water partition coefficient (Wildman–Crippen LogP) is 7.68. The minimum atomic E-state index is -4.70. The molecule has 0 fully saturated rings. The lowest BCUT2D eigenvalue weighted by Gasteiger charge is -2.12. The van der Waals surface area contributed by atoms with Gasteiger partial charge in [0.15, 0.2) is 0 Å². The molecular weight excluding hydrogens is 644 g/mol. The third-order valence-electron chi connectivity index (χ3n) is 5.81. The molecule has 0 spiro atoms. The Kier molecular flexibility index (Phi) is 10.2. The van der Waals surface area contributed by atoms with Crippen molar-refractivity contribution in [2.45, 2.75) is 12.4 Å². The standard InChI is InChI=1S/C30H20ClF6N5O4/c31-24-11-8-20(15-23(24)30(35,36)37)40-28(45)39-19-6-9-21(10-7-19)46-22-13-14-38-25(16-22)27(44)42-41-26(43)12-3-17-1-4-18(5-2-17)29(32,33)34/h1-16H,(H,41,43)(H,42,44)(H2,39,40,45). The van der Waals surface area contributed by atoms with Gasteiger partial charge in [0.25, 0.3) is 11.8 Å². The number of hydrogen-bond donors (Lipinski definition) is 4. The average Bonchev–Trinajstić information content (AvgIpc) is 3.00. The fraction of sp³-hybridized carbons (Fsp3) is 0.0667. The van der Waals surface area contributed by atoms with Crippen molar-refractivity contribution in [2.75, 3.05) is 10.6 Å². The monoisotopic (exact) mass is 663 g/mol. The van der Waals surface area contributed by atoms with Crippen LogP contribution in [0.5, 0.6) is 11.5 Å². The normalized spacial score (nSPS) is 11.5. The summed E-state index contributed by atoms with van der Waals surface area (Å²) >= 11 is 5.59. The Bertz CT molecular complexity index is 1760. The van der Waals surface area contributed by atoms with Gasteiger partial charge in [-0.05, 0) is 72.3 Å². The van der Waals surface area contributed by atoms with Gasteiger partial charge in [-0.1, -0.05) is 23.7 Å². The quantitative estimate of drug-likeness (QED) is 0.0918. The summed E-state index contributed by atoms with van der Waals surface area (Å²) in [5.74, 6) is -1.08. The van der Waals surface area contributed by atoms with Crippen LogP contribution in [-0.4, -0.2) is 22.8 Å². The van der Waals surface area contributed by atoms with Crippen LogP contribution in [-0.2, 0) is 17.1 Å². The molecule has 0 saturated heterocycles. The van der Waals surface area contributed by atoms with Crippen molar-refractivity contribution < 1.29 is 45.5 Å². The molecule has 4 amide bonds. The van der Waals surface area contributed by atoms with E-state index in [0.717, 1.165) is 24.3 Å². The Morgan fingerprint density at radius 1 is 0.739 bits per heavy atom. The maximum absolute atomic E-state index is 13.1. The lowest BCUT2D eigenvalue weighted by atomic mass is 10.1. The van der Waals surface area contributed by atoms with E-state index in [1.165, 1.54) is 66.9 Å².